The number of nitrogens with two attached hydrogens (primary N) is 1. The van der Waals surface area contributed by atoms with Gasteiger partial charge in [-0.2, -0.15) is 0 Å². The normalized spacial score (nSPS) is 12.2. The molecule has 0 aliphatic rings. The first-order chi connectivity index (χ1) is 9.06. The molecule has 0 spiro atoms. The molecular weight excluding hydrogens is 373 g/mol. The SMILES string of the molecule is CC(N)c1cc(Cl)ccc1OCc1ccc(I)cc1. The molecule has 0 saturated carbocycles. The number of benzene rings is 2. The van der Waals surface area contributed by atoms with Gasteiger partial charge in [0.15, 0.2) is 0 Å². The smallest absolute Gasteiger partial charge is 0.124 e. The highest BCUT2D eigenvalue weighted by Gasteiger charge is 2.09. The first-order valence-electron chi connectivity index (χ1n) is 5.98. The van der Waals surface area contributed by atoms with Crippen LogP contribution in [0, 0.1) is 3.57 Å². The maximum atomic E-state index is 5.98. The van der Waals surface area contributed by atoms with E-state index >= 15 is 0 Å². The molecule has 1 atom stereocenters. The van der Waals surface area contributed by atoms with Crippen LogP contribution in [-0.4, -0.2) is 0 Å². The topological polar surface area (TPSA) is 35.2 Å². The Hall–Kier alpha value is -0.780. The fourth-order valence-corrected chi connectivity index (χ4v) is 2.29. The van der Waals surface area contributed by atoms with Crippen LogP contribution in [0.2, 0.25) is 5.02 Å². The van der Waals surface area contributed by atoms with Crippen LogP contribution >= 0.6 is 34.2 Å². The van der Waals surface area contributed by atoms with E-state index in [4.69, 9.17) is 22.1 Å². The standard InChI is InChI=1S/C15H15ClINO/c1-10(18)14-8-12(16)4-7-15(14)19-9-11-2-5-13(17)6-3-11/h2-8,10H,9,18H2,1H3. The Morgan fingerprint density at radius 3 is 2.53 bits per heavy atom. The van der Waals surface area contributed by atoms with Crippen LogP contribution in [0.4, 0.5) is 0 Å². The van der Waals surface area contributed by atoms with Crippen LogP contribution in [0.5, 0.6) is 5.75 Å². The van der Waals surface area contributed by atoms with Crippen molar-refractivity contribution >= 4 is 34.2 Å². The van der Waals surface area contributed by atoms with Crippen LogP contribution in [0.3, 0.4) is 0 Å². The zero-order valence-electron chi connectivity index (χ0n) is 10.6. The Kier molecular flexibility index (Phi) is 5.07. The molecular formula is C15H15ClINO. The summed E-state index contributed by atoms with van der Waals surface area (Å²) in [4.78, 5) is 0. The number of ether oxygens (including phenoxy) is 1. The molecule has 2 aromatic rings. The van der Waals surface area contributed by atoms with Crippen molar-refractivity contribution < 1.29 is 4.74 Å². The van der Waals surface area contributed by atoms with Crippen molar-refractivity contribution in [2.24, 2.45) is 5.73 Å². The molecule has 2 aromatic carbocycles. The summed E-state index contributed by atoms with van der Waals surface area (Å²) in [5.74, 6) is 0.790. The van der Waals surface area contributed by atoms with Crippen LogP contribution in [-0.2, 0) is 6.61 Å². The largest absolute Gasteiger partial charge is 0.489 e. The van der Waals surface area contributed by atoms with Gasteiger partial charge in [-0.3, -0.25) is 0 Å². The molecule has 4 heteroatoms. The summed E-state index contributed by atoms with van der Waals surface area (Å²) in [5.41, 5.74) is 7.99. The monoisotopic (exact) mass is 387 g/mol. The molecule has 100 valence electrons. The Bertz CT molecular complexity index is 555. The molecule has 0 aliphatic carbocycles. The average Bonchev–Trinajstić information content (AvgIpc) is 2.39. The van der Waals surface area contributed by atoms with Crippen LogP contribution in [0.15, 0.2) is 42.5 Å². The summed E-state index contributed by atoms with van der Waals surface area (Å²) < 4.78 is 7.05. The summed E-state index contributed by atoms with van der Waals surface area (Å²) >= 11 is 8.27. The van der Waals surface area contributed by atoms with E-state index in [1.54, 1.807) is 0 Å². The second-order valence-corrected chi connectivity index (χ2v) is 6.07. The van der Waals surface area contributed by atoms with Gasteiger partial charge in [-0.25, -0.2) is 0 Å². The molecule has 19 heavy (non-hydrogen) atoms. The van der Waals surface area contributed by atoms with Crippen LogP contribution < -0.4 is 10.5 Å². The van der Waals surface area contributed by atoms with Gasteiger partial charge in [-0.1, -0.05) is 23.7 Å². The first-order valence-corrected chi connectivity index (χ1v) is 7.44. The lowest BCUT2D eigenvalue weighted by Gasteiger charge is -2.14. The van der Waals surface area contributed by atoms with Gasteiger partial charge in [0.1, 0.15) is 12.4 Å². The molecule has 0 amide bonds. The minimum Gasteiger partial charge on any atom is -0.489 e. The van der Waals surface area contributed by atoms with Gasteiger partial charge in [0.2, 0.25) is 0 Å². The second kappa shape index (κ2) is 6.59. The van der Waals surface area contributed by atoms with E-state index < -0.39 is 0 Å². The first kappa shape index (κ1) is 14.6. The summed E-state index contributed by atoms with van der Waals surface area (Å²) in [6, 6.07) is 13.7. The summed E-state index contributed by atoms with van der Waals surface area (Å²) in [6.45, 7) is 2.45. The van der Waals surface area contributed by atoms with Gasteiger partial charge in [-0.15, -0.1) is 0 Å². The third-order valence-corrected chi connectivity index (χ3v) is 3.72. The molecule has 0 fully saturated rings. The predicted octanol–water partition coefficient (Wildman–Crippen LogP) is 4.54. The second-order valence-electron chi connectivity index (χ2n) is 4.39. The minimum absolute atomic E-state index is 0.106. The molecule has 0 aliphatic heterocycles. The number of rotatable bonds is 4. The number of hydrogen-bond acceptors (Lipinski definition) is 2. The lowest BCUT2D eigenvalue weighted by atomic mass is 10.1. The minimum atomic E-state index is -0.106. The molecule has 0 heterocycles. The highest BCUT2D eigenvalue weighted by atomic mass is 127. The van der Waals surface area contributed by atoms with Gasteiger partial charge in [0.25, 0.3) is 0 Å². The maximum Gasteiger partial charge on any atom is 0.124 e. The Balaban J connectivity index is 2.13. The van der Waals surface area contributed by atoms with Crippen molar-refractivity contribution in [2.45, 2.75) is 19.6 Å². The molecule has 0 aromatic heterocycles. The van der Waals surface area contributed by atoms with Gasteiger partial charge in [0, 0.05) is 20.2 Å². The van der Waals surface area contributed by atoms with Gasteiger partial charge in [0.05, 0.1) is 0 Å². The Morgan fingerprint density at radius 1 is 1.21 bits per heavy atom. The third kappa shape index (κ3) is 4.09. The van der Waals surface area contributed by atoms with Gasteiger partial charge in [-0.05, 0) is 65.4 Å². The van der Waals surface area contributed by atoms with Crippen molar-refractivity contribution in [3.8, 4) is 5.75 Å². The van der Waals surface area contributed by atoms with Crippen molar-refractivity contribution in [3.05, 3.63) is 62.2 Å². The summed E-state index contributed by atoms with van der Waals surface area (Å²) in [5, 5.41) is 0.675. The molecule has 0 bridgehead atoms. The average molecular weight is 388 g/mol. The highest BCUT2D eigenvalue weighted by Crippen LogP contribution is 2.27. The molecule has 0 saturated heterocycles. The number of halogens is 2. The van der Waals surface area contributed by atoms with Gasteiger partial charge >= 0.3 is 0 Å². The van der Waals surface area contributed by atoms with E-state index in [1.165, 1.54) is 3.57 Å². The zero-order chi connectivity index (χ0) is 13.8. The van der Waals surface area contributed by atoms with Crippen LogP contribution in [0.25, 0.3) is 0 Å². The van der Waals surface area contributed by atoms with E-state index in [-0.39, 0.29) is 6.04 Å². The summed E-state index contributed by atoms with van der Waals surface area (Å²) in [6.07, 6.45) is 0. The van der Waals surface area contributed by atoms with E-state index in [1.807, 2.05) is 25.1 Å². The molecule has 0 radical (unpaired) electrons. The van der Waals surface area contributed by atoms with Crippen LogP contribution in [0.1, 0.15) is 24.1 Å². The van der Waals surface area contributed by atoms with Crippen molar-refractivity contribution in [1.82, 2.24) is 0 Å². The third-order valence-electron chi connectivity index (χ3n) is 2.77. The van der Waals surface area contributed by atoms with E-state index in [9.17, 15) is 0 Å². The maximum absolute atomic E-state index is 5.98. The van der Waals surface area contributed by atoms with Crippen molar-refractivity contribution in [2.75, 3.05) is 0 Å². The Labute approximate surface area is 132 Å². The lowest BCUT2D eigenvalue weighted by Crippen LogP contribution is -2.08. The van der Waals surface area contributed by atoms with E-state index in [2.05, 4.69) is 46.9 Å². The van der Waals surface area contributed by atoms with E-state index in [0.29, 0.717) is 11.6 Å². The lowest BCUT2D eigenvalue weighted by molar-refractivity contribution is 0.301. The molecule has 2 rings (SSSR count). The fourth-order valence-electron chi connectivity index (χ4n) is 1.75. The highest BCUT2D eigenvalue weighted by molar-refractivity contribution is 14.1. The number of hydrogen-bond donors (Lipinski definition) is 1. The Morgan fingerprint density at radius 2 is 1.89 bits per heavy atom. The molecule has 2 nitrogen and oxygen atoms in total. The summed E-state index contributed by atoms with van der Waals surface area (Å²) in [7, 11) is 0. The quantitative estimate of drug-likeness (QED) is 0.782. The predicted molar refractivity (Wildman–Crippen MR) is 87.5 cm³/mol. The fraction of sp³-hybridized carbons (Fsp3) is 0.200. The van der Waals surface area contributed by atoms with Crippen molar-refractivity contribution in [3.63, 3.8) is 0 Å². The molecule has 2 N–H and O–H groups in total. The zero-order valence-corrected chi connectivity index (χ0v) is 13.5. The van der Waals surface area contributed by atoms with E-state index in [0.717, 1.165) is 16.9 Å². The van der Waals surface area contributed by atoms with Crippen molar-refractivity contribution in [1.29, 1.82) is 0 Å². The molecule has 1 unspecified atom stereocenters. The van der Waals surface area contributed by atoms with Gasteiger partial charge < -0.3 is 10.5 Å².